The van der Waals surface area contributed by atoms with E-state index in [0.29, 0.717) is 17.8 Å². The molecule has 2 N–H and O–H groups in total. The number of anilines is 1. The number of amides is 1. The topological polar surface area (TPSA) is 70.1 Å². The number of nitrogens with two attached hydrogens (primary N) is 1. The third-order valence-electron chi connectivity index (χ3n) is 2.27. The van der Waals surface area contributed by atoms with Crippen molar-refractivity contribution < 1.29 is 4.79 Å². The summed E-state index contributed by atoms with van der Waals surface area (Å²) in [4.78, 5) is 13.2. The minimum atomic E-state index is -0.103. The van der Waals surface area contributed by atoms with Crippen molar-refractivity contribution >= 4 is 11.6 Å². The van der Waals surface area contributed by atoms with E-state index in [2.05, 4.69) is 0 Å². The smallest absolute Gasteiger partial charge is 0.255 e. The zero-order chi connectivity index (χ0) is 10.1. The summed E-state index contributed by atoms with van der Waals surface area (Å²) >= 11 is 0. The van der Waals surface area contributed by atoms with Crippen LogP contribution in [0.1, 0.15) is 15.9 Å². The average Bonchev–Trinajstić information content (AvgIpc) is 2.46. The molecule has 1 aliphatic rings. The molecule has 1 heterocycles. The van der Waals surface area contributed by atoms with E-state index in [1.54, 1.807) is 12.1 Å². The van der Waals surface area contributed by atoms with E-state index >= 15 is 0 Å². The Bertz CT molecular complexity index is 433. The van der Waals surface area contributed by atoms with Gasteiger partial charge >= 0.3 is 0 Å². The van der Waals surface area contributed by atoms with E-state index in [0.717, 1.165) is 5.56 Å². The molecule has 1 amide bonds. The molecule has 0 saturated carbocycles. The van der Waals surface area contributed by atoms with Gasteiger partial charge in [0.1, 0.15) is 6.54 Å². The molecule has 1 aromatic carbocycles. The highest BCUT2D eigenvalue weighted by Gasteiger charge is 2.26. The van der Waals surface area contributed by atoms with Gasteiger partial charge in [0.05, 0.1) is 6.07 Å². The van der Waals surface area contributed by atoms with Crippen LogP contribution in [0, 0.1) is 11.3 Å². The van der Waals surface area contributed by atoms with E-state index < -0.39 is 0 Å². The lowest BCUT2D eigenvalue weighted by Gasteiger charge is -2.08. The van der Waals surface area contributed by atoms with Crippen LogP contribution < -0.4 is 5.73 Å². The quantitative estimate of drug-likeness (QED) is 0.521. The summed E-state index contributed by atoms with van der Waals surface area (Å²) in [5, 5.41) is 8.51. The van der Waals surface area contributed by atoms with E-state index in [9.17, 15) is 4.79 Å². The van der Waals surface area contributed by atoms with Crippen molar-refractivity contribution in [1.82, 2.24) is 4.90 Å². The number of nitrogens with zero attached hydrogens (tertiary/aromatic N) is 2. The summed E-state index contributed by atoms with van der Waals surface area (Å²) < 4.78 is 0. The Kier molecular flexibility index (Phi) is 1.86. The standard InChI is InChI=1S/C10H9N3O/c11-3-4-13-6-7-1-2-8(12)5-9(7)10(13)14/h1-2,5H,4,6,12H2. The molecule has 2 rings (SSSR count). The number of hydrogen-bond acceptors (Lipinski definition) is 3. The highest BCUT2D eigenvalue weighted by Crippen LogP contribution is 2.24. The van der Waals surface area contributed by atoms with Gasteiger partial charge in [0.2, 0.25) is 0 Å². The fraction of sp³-hybridized carbons (Fsp3) is 0.200. The summed E-state index contributed by atoms with van der Waals surface area (Å²) in [5.74, 6) is -0.103. The Morgan fingerprint density at radius 1 is 1.57 bits per heavy atom. The van der Waals surface area contributed by atoms with Crippen molar-refractivity contribution in [2.75, 3.05) is 12.3 Å². The molecule has 0 radical (unpaired) electrons. The van der Waals surface area contributed by atoms with Gasteiger partial charge < -0.3 is 10.6 Å². The van der Waals surface area contributed by atoms with Crippen molar-refractivity contribution in [2.24, 2.45) is 0 Å². The predicted octanol–water partition coefficient (Wildman–Crippen LogP) is 0.748. The van der Waals surface area contributed by atoms with Crippen LogP contribution in [0.5, 0.6) is 0 Å². The molecule has 14 heavy (non-hydrogen) atoms. The largest absolute Gasteiger partial charge is 0.399 e. The Labute approximate surface area is 81.5 Å². The molecule has 1 aliphatic heterocycles. The number of benzene rings is 1. The van der Waals surface area contributed by atoms with Crippen LogP contribution in [0.15, 0.2) is 18.2 Å². The predicted molar refractivity (Wildman–Crippen MR) is 51.2 cm³/mol. The maximum atomic E-state index is 11.7. The first-order valence-corrected chi connectivity index (χ1v) is 4.27. The third kappa shape index (κ3) is 1.19. The number of rotatable bonds is 1. The van der Waals surface area contributed by atoms with E-state index in [1.807, 2.05) is 12.1 Å². The molecule has 4 heteroatoms. The van der Waals surface area contributed by atoms with Crippen LogP contribution >= 0.6 is 0 Å². The monoisotopic (exact) mass is 187 g/mol. The lowest BCUT2D eigenvalue weighted by atomic mass is 10.1. The first kappa shape index (κ1) is 8.57. The Hall–Kier alpha value is -2.02. The minimum Gasteiger partial charge on any atom is -0.399 e. The van der Waals surface area contributed by atoms with E-state index in [-0.39, 0.29) is 12.5 Å². The fourth-order valence-electron chi connectivity index (χ4n) is 1.59. The van der Waals surface area contributed by atoms with Gasteiger partial charge in [-0.3, -0.25) is 4.79 Å². The van der Waals surface area contributed by atoms with Gasteiger partial charge in [0, 0.05) is 17.8 Å². The molecule has 0 unspecified atom stereocenters. The van der Waals surface area contributed by atoms with Gasteiger partial charge in [0.15, 0.2) is 0 Å². The summed E-state index contributed by atoms with van der Waals surface area (Å²) in [6, 6.07) is 7.22. The molecule has 0 aliphatic carbocycles. The molecule has 0 bridgehead atoms. The summed E-state index contributed by atoms with van der Waals surface area (Å²) in [7, 11) is 0. The Morgan fingerprint density at radius 2 is 2.36 bits per heavy atom. The number of carbonyl (C=O) groups is 1. The lowest BCUT2D eigenvalue weighted by molar-refractivity contribution is 0.0798. The van der Waals surface area contributed by atoms with Crippen molar-refractivity contribution in [3.63, 3.8) is 0 Å². The SMILES string of the molecule is N#CCN1Cc2ccc(N)cc2C1=O. The maximum absolute atomic E-state index is 11.7. The van der Waals surface area contributed by atoms with Gasteiger partial charge in [-0.15, -0.1) is 0 Å². The summed E-state index contributed by atoms with van der Waals surface area (Å²) in [6.45, 7) is 0.648. The summed E-state index contributed by atoms with van der Waals surface area (Å²) in [6.07, 6.45) is 0. The number of nitriles is 1. The molecule has 0 aromatic heterocycles. The van der Waals surface area contributed by atoms with Crippen LogP contribution in [-0.4, -0.2) is 17.4 Å². The normalized spacial score (nSPS) is 13.9. The van der Waals surface area contributed by atoms with Gasteiger partial charge in [-0.1, -0.05) is 6.07 Å². The number of nitrogen functional groups attached to an aromatic ring is 1. The molecule has 1 aromatic rings. The lowest BCUT2D eigenvalue weighted by Crippen LogP contribution is -2.23. The van der Waals surface area contributed by atoms with Crippen molar-refractivity contribution in [1.29, 1.82) is 5.26 Å². The molecule has 4 nitrogen and oxygen atoms in total. The molecule has 0 fully saturated rings. The molecule has 0 atom stereocenters. The highest BCUT2D eigenvalue weighted by molar-refractivity contribution is 5.99. The van der Waals surface area contributed by atoms with Gasteiger partial charge in [-0.05, 0) is 17.7 Å². The maximum Gasteiger partial charge on any atom is 0.255 e. The molecule has 0 spiro atoms. The second-order valence-electron chi connectivity index (χ2n) is 3.24. The number of carbonyl (C=O) groups excluding carboxylic acids is 1. The second-order valence-corrected chi connectivity index (χ2v) is 3.24. The second kappa shape index (κ2) is 3.04. The van der Waals surface area contributed by atoms with Crippen LogP contribution in [0.25, 0.3) is 0 Å². The zero-order valence-electron chi connectivity index (χ0n) is 7.53. The number of fused-ring (bicyclic) bond motifs is 1. The van der Waals surface area contributed by atoms with E-state index in [4.69, 9.17) is 11.0 Å². The van der Waals surface area contributed by atoms with Gasteiger partial charge in [0.25, 0.3) is 5.91 Å². The molecule has 70 valence electrons. The molecule has 0 saturated heterocycles. The van der Waals surface area contributed by atoms with Gasteiger partial charge in [-0.25, -0.2) is 0 Å². The first-order chi connectivity index (χ1) is 6.72. The van der Waals surface area contributed by atoms with Crippen LogP contribution in [0.3, 0.4) is 0 Å². The molecular formula is C10H9N3O. The zero-order valence-corrected chi connectivity index (χ0v) is 7.53. The third-order valence-corrected chi connectivity index (χ3v) is 2.27. The first-order valence-electron chi connectivity index (χ1n) is 4.27. The van der Waals surface area contributed by atoms with Crippen LogP contribution in [0.2, 0.25) is 0 Å². The van der Waals surface area contributed by atoms with Crippen LogP contribution in [0.4, 0.5) is 5.69 Å². The van der Waals surface area contributed by atoms with Crippen molar-refractivity contribution in [3.8, 4) is 6.07 Å². The van der Waals surface area contributed by atoms with E-state index in [1.165, 1.54) is 4.90 Å². The number of hydrogen-bond donors (Lipinski definition) is 1. The highest BCUT2D eigenvalue weighted by atomic mass is 16.2. The van der Waals surface area contributed by atoms with Crippen molar-refractivity contribution in [3.05, 3.63) is 29.3 Å². The van der Waals surface area contributed by atoms with Gasteiger partial charge in [-0.2, -0.15) is 5.26 Å². The Morgan fingerprint density at radius 3 is 3.07 bits per heavy atom. The minimum absolute atomic E-state index is 0.103. The van der Waals surface area contributed by atoms with Crippen LogP contribution in [-0.2, 0) is 6.54 Å². The fourth-order valence-corrected chi connectivity index (χ4v) is 1.59. The Balaban J connectivity index is 2.37. The average molecular weight is 187 g/mol. The van der Waals surface area contributed by atoms with Crippen molar-refractivity contribution in [2.45, 2.75) is 6.54 Å². The summed E-state index contributed by atoms with van der Waals surface area (Å²) in [5.41, 5.74) is 7.73. The molecular weight excluding hydrogens is 178 g/mol.